The molecular weight excluding hydrogens is 264 g/mol. The maximum absolute atomic E-state index is 5.70. The Morgan fingerprint density at radius 2 is 1.95 bits per heavy atom. The Morgan fingerprint density at radius 1 is 1.19 bits per heavy atom. The lowest BCUT2D eigenvalue weighted by atomic mass is 10.2. The number of nitrogens with one attached hydrogen (secondary N) is 1. The van der Waals surface area contributed by atoms with E-state index in [-0.39, 0.29) is 0 Å². The molecule has 0 aliphatic heterocycles. The molecule has 5 nitrogen and oxygen atoms in total. The second kappa shape index (κ2) is 7.57. The standard InChI is InChI=1S/C16H22N4O/c1-4-14-19-15(9-16(20-14)21-11-12(2)3)18-10-13-5-7-17-8-6-13/h5-9,12H,4,10-11H2,1-3H3,(H,18,19,20). The van der Waals surface area contributed by atoms with Crippen LogP contribution in [-0.4, -0.2) is 21.6 Å². The molecule has 0 unspecified atom stereocenters. The second-order valence-electron chi connectivity index (χ2n) is 5.28. The maximum Gasteiger partial charge on any atom is 0.218 e. The summed E-state index contributed by atoms with van der Waals surface area (Å²) in [7, 11) is 0. The molecule has 5 heteroatoms. The van der Waals surface area contributed by atoms with Gasteiger partial charge >= 0.3 is 0 Å². The minimum absolute atomic E-state index is 0.471. The van der Waals surface area contributed by atoms with Crippen LogP contribution in [0, 0.1) is 5.92 Å². The molecule has 0 radical (unpaired) electrons. The molecule has 0 atom stereocenters. The first-order chi connectivity index (χ1) is 10.2. The molecule has 0 saturated heterocycles. The molecule has 2 rings (SSSR count). The van der Waals surface area contributed by atoms with Crippen molar-refractivity contribution < 1.29 is 4.74 Å². The summed E-state index contributed by atoms with van der Waals surface area (Å²) < 4.78 is 5.70. The van der Waals surface area contributed by atoms with Gasteiger partial charge in [-0.1, -0.05) is 20.8 Å². The van der Waals surface area contributed by atoms with Gasteiger partial charge in [0.25, 0.3) is 0 Å². The SMILES string of the molecule is CCc1nc(NCc2ccncc2)cc(OCC(C)C)n1. The normalized spacial score (nSPS) is 10.7. The fourth-order valence-corrected chi connectivity index (χ4v) is 1.74. The summed E-state index contributed by atoms with van der Waals surface area (Å²) in [6.07, 6.45) is 4.35. The van der Waals surface area contributed by atoms with Crippen molar-refractivity contribution in [3.63, 3.8) is 0 Å². The highest BCUT2D eigenvalue weighted by Crippen LogP contribution is 2.15. The molecule has 1 N–H and O–H groups in total. The highest BCUT2D eigenvalue weighted by Gasteiger charge is 2.05. The summed E-state index contributed by atoms with van der Waals surface area (Å²) in [5.74, 6) is 2.68. The van der Waals surface area contributed by atoms with Gasteiger partial charge in [0.15, 0.2) is 0 Å². The summed E-state index contributed by atoms with van der Waals surface area (Å²) in [5.41, 5.74) is 1.16. The van der Waals surface area contributed by atoms with Gasteiger partial charge in [-0.3, -0.25) is 4.98 Å². The van der Waals surface area contributed by atoms with E-state index in [1.54, 1.807) is 12.4 Å². The largest absolute Gasteiger partial charge is 0.477 e. The highest BCUT2D eigenvalue weighted by atomic mass is 16.5. The Bertz CT molecular complexity index is 557. The average Bonchev–Trinajstić information content (AvgIpc) is 2.51. The van der Waals surface area contributed by atoms with Crippen LogP contribution in [0.1, 0.15) is 32.2 Å². The first-order valence-corrected chi connectivity index (χ1v) is 7.31. The van der Waals surface area contributed by atoms with Gasteiger partial charge in [-0.25, -0.2) is 4.98 Å². The van der Waals surface area contributed by atoms with Gasteiger partial charge < -0.3 is 10.1 Å². The lowest BCUT2D eigenvalue weighted by Crippen LogP contribution is -2.09. The Labute approximate surface area is 125 Å². The number of ether oxygens (including phenoxy) is 1. The van der Waals surface area contributed by atoms with Crippen LogP contribution in [0.15, 0.2) is 30.6 Å². The van der Waals surface area contributed by atoms with E-state index in [0.717, 1.165) is 23.6 Å². The fraction of sp³-hybridized carbons (Fsp3) is 0.438. The number of hydrogen-bond donors (Lipinski definition) is 1. The van der Waals surface area contributed by atoms with E-state index in [0.29, 0.717) is 24.9 Å². The predicted octanol–water partition coefficient (Wildman–Crippen LogP) is 3.08. The van der Waals surface area contributed by atoms with Gasteiger partial charge in [0.05, 0.1) is 6.61 Å². The van der Waals surface area contributed by atoms with Crippen molar-refractivity contribution in [1.29, 1.82) is 0 Å². The summed E-state index contributed by atoms with van der Waals surface area (Å²) in [4.78, 5) is 12.9. The lowest BCUT2D eigenvalue weighted by molar-refractivity contribution is 0.260. The van der Waals surface area contributed by atoms with Crippen molar-refractivity contribution >= 4 is 5.82 Å². The first kappa shape index (κ1) is 15.2. The van der Waals surface area contributed by atoms with E-state index < -0.39 is 0 Å². The van der Waals surface area contributed by atoms with E-state index >= 15 is 0 Å². The monoisotopic (exact) mass is 286 g/mol. The quantitative estimate of drug-likeness (QED) is 0.847. The molecule has 0 saturated carbocycles. The molecule has 0 amide bonds. The molecular formula is C16H22N4O. The van der Waals surface area contributed by atoms with Crippen molar-refractivity contribution in [2.75, 3.05) is 11.9 Å². The summed E-state index contributed by atoms with van der Waals surface area (Å²) in [5, 5.41) is 3.30. The van der Waals surface area contributed by atoms with Crippen LogP contribution in [0.5, 0.6) is 5.88 Å². The third-order valence-corrected chi connectivity index (χ3v) is 2.85. The Morgan fingerprint density at radius 3 is 2.62 bits per heavy atom. The number of aryl methyl sites for hydroxylation is 1. The molecule has 0 aliphatic rings. The van der Waals surface area contributed by atoms with Crippen molar-refractivity contribution in [1.82, 2.24) is 15.0 Å². The van der Waals surface area contributed by atoms with Crippen LogP contribution in [-0.2, 0) is 13.0 Å². The second-order valence-corrected chi connectivity index (χ2v) is 5.28. The summed E-state index contributed by atoms with van der Waals surface area (Å²) >= 11 is 0. The third-order valence-electron chi connectivity index (χ3n) is 2.85. The Kier molecular flexibility index (Phi) is 5.49. The van der Waals surface area contributed by atoms with Gasteiger partial charge in [-0.2, -0.15) is 4.98 Å². The van der Waals surface area contributed by atoms with Crippen molar-refractivity contribution in [3.8, 4) is 5.88 Å². The van der Waals surface area contributed by atoms with Gasteiger partial charge in [0.1, 0.15) is 11.6 Å². The molecule has 2 aromatic heterocycles. The van der Waals surface area contributed by atoms with Crippen LogP contribution >= 0.6 is 0 Å². The van der Waals surface area contributed by atoms with Crippen LogP contribution in [0.25, 0.3) is 0 Å². The zero-order chi connectivity index (χ0) is 15.1. The molecule has 0 fully saturated rings. The van der Waals surface area contributed by atoms with Crippen LogP contribution < -0.4 is 10.1 Å². The highest BCUT2D eigenvalue weighted by molar-refractivity contribution is 5.39. The lowest BCUT2D eigenvalue weighted by Gasteiger charge is -2.11. The zero-order valence-electron chi connectivity index (χ0n) is 12.8. The predicted molar refractivity (Wildman–Crippen MR) is 83.3 cm³/mol. The van der Waals surface area contributed by atoms with Crippen molar-refractivity contribution in [3.05, 3.63) is 42.0 Å². The minimum atomic E-state index is 0.471. The van der Waals surface area contributed by atoms with Gasteiger partial charge in [0.2, 0.25) is 5.88 Å². The average molecular weight is 286 g/mol. The number of pyridine rings is 1. The zero-order valence-corrected chi connectivity index (χ0v) is 12.8. The van der Waals surface area contributed by atoms with E-state index in [4.69, 9.17) is 4.74 Å². The number of rotatable bonds is 7. The number of hydrogen-bond acceptors (Lipinski definition) is 5. The van der Waals surface area contributed by atoms with Crippen molar-refractivity contribution in [2.24, 2.45) is 5.92 Å². The van der Waals surface area contributed by atoms with Crippen molar-refractivity contribution in [2.45, 2.75) is 33.7 Å². The molecule has 0 aliphatic carbocycles. The molecule has 0 bridgehead atoms. The Balaban J connectivity index is 2.05. The summed E-state index contributed by atoms with van der Waals surface area (Å²) in [6, 6.07) is 5.80. The van der Waals surface area contributed by atoms with Crippen LogP contribution in [0.2, 0.25) is 0 Å². The molecule has 112 valence electrons. The number of aromatic nitrogens is 3. The fourth-order valence-electron chi connectivity index (χ4n) is 1.74. The topological polar surface area (TPSA) is 59.9 Å². The smallest absolute Gasteiger partial charge is 0.218 e. The van der Waals surface area contributed by atoms with Crippen LogP contribution in [0.3, 0.4) is 0 Å². The maximum atomic E-state index is 5.70. The third kappa shape index (κ3) is 5.02. The molecule has 0 aromatic carbocycles. The van der Waals surface area contributed by atoms with E-state index in [1.165, 1.54) is 0 Å². The minimum Gasteiger partial charge on any atom is -0.477 e. The Hall–Kier alpha value is -2.17. The molecule has 21 heavy (non-hydrogen) atoms. The number of anilines is 1. The molecule has 2 aromatic rings. The number of nitrogens with zero attached hydrogens (tertiary/aromatic N) is 3. The van der Waals surface area contributed by atoms with E-state index in [9.17, 15) is 0 Å². The van der Waals surface area contributed by atoms with Gasteiger partial charge in [-0.15, -0.1) is 0 Å². The molecule has 0 spiro atoms. The van der Waals surface area contributed by atoms with Crippen LogP contribution in [0.4, 0.5) is 5.82 Å². The van der Waals surface area contributed by atoms with E-state index in [1.807, 2.05) is 25.1 Å². The molecule has 2 heterocycles. The van der Waals surface area contributed by atoms with Gasteiger partial charge in [-0.05, 0) is 23.6 Å². The van der Waals surface area contributed by atoms with Gasteiger partial charge in [0, 0.05) is 31.4 Å². The van der Waals surface area contributed by atoms with E-state index in [2.05, 4.69) is 34.1 Å². The summed E-state index contributed by atoms with van der Waals surface area (Å²) in [6.45, 7) is 7.62. The first-order valence-electron chi connectivity index (χ1n) is 7.31.